The van der Waals surface area contributed by atoms with E-state index < -0.39 is 0 Å². The van der Waals surface area contributed by atoms with E-state index in [0.29, 0.717) is 6.04 Å². The van der Waals surface area contributed by atoms with Gasteiger partial charge in [0.2, 0.25) is 0 Å². The van der Waals surface area contributed by atoms with Gasteiger partial charge in [-0.05, 0) is 53.4 Å². The Morgan fingerprint density at radius 2 is 1.60 bits per heavy atom. The molecule has 0 aliphatic carbocycles. The fourth-order valence-corrected chi connectivity index (χ4v) is 1.58. The van der Waals surface area contributed by atoms with Gasteiger partial charge in [-0.3, -0.25) is 0 Å². The monoisotopic (exact) mass is 214 g/mol. The SMILES string of the molecule is CCC(C)NCCCCCCCN(C)C. The Balaban J connectivity index is 2.99. The third-order valence-corrected chi connectivity index (χ3v) is 2.89. The van der Waals surface area contributed by atoms with E-state index in [9.17, 15) is 0 Å². The van der Waals surface area contributed by atoms with E-state index in [1.807, 2.05) is 0 Å². The van der Waals surface area contributed by atoms with Gasteiger partial charge < -0.3 is 10.2 Å². The maximum Gasteiger partial charge on any atom is 0.00360 e. The van der Waals surface area contributed by atoms with E-state index in [-0.39, 0.29) is 0 Å². The smallest absolute Gasteiger partial charge is 0.00360 e. The van der Waals surface area contributed by atoms with Crippen molar-refractivity contribution < 1.29 is 0 Å². The summed E-state index contributed by atoms with van der Waals surface area (Å²) in [5.74, 6) is 0. The van der Waals surface area contributed by atoms with Gasteiger partial charge in [-0.15, -0.1) is 0 Å². The minimum absolute atomic E-state index is 0.693. The van der Waals surface area contributed by atoms with E-state index in [2.05, 4.69) is 38.2 Å². The Kier molecular flexibility index (Phi) is 10.4. The first-order valence-electron chi connectivity index (χ1n) is 6.55. The van der Waals surface area contributed by atoms with Gasteiger partial charge in [0.25, 0.3) is 0 Å². The van der Waals surface area contributed by atoms with E-state index >= 15 is 0 Å². The molecular formula is C13H30N2. The molecule has 0 aromatic carbocycles. The van der Waals surface area contributed by atoms with Crippen LogP contribution in [-0.4, -0.2) is 38.1 Å². The topological polar surface area (TPSA) is 15.3 Å². The van der Waals surface area contributed by atoms with Crippen molar-refractivity contribution in [2.45, 2.75) is 58.4 Å². The minimum Gasteiger partial charge on any atom is -0.314 e. The first-order chi connectivity index (χ1) is 7.16. The molecule has 1 unspecified atom stereocenters. The third kappa shape index (κ3) is 11.8. The van der Waals surface area contributed by atoms with Crippen LogP contribution in [0.4, 0.5) is 0 Å². The van der Waals surface area contributed by atoms with E-state index in [4.69, 9.17) is 0 Å². The fraction of sp³-hybridized carbons (Fsp3) is 1.00. The van der Waals surface area contributed by atoms with Gasteiger partial charge in [-0.25, -0.2) is 0 Å². The summed E-state index contributed by atoms with van der Waals surface area (Å²) in [6.45, 7) is 6.93. The van der Waals surface area contributed by atoms with Crippen LogP contribution in [-0.2, 0) is 0 Å². The van der Waals surface area contributed by atoms with Gasteiger partial charge in [0.05, 0.1) is 0 Å². The van der Waals surface area contributed by atoms with Crippen LogP contribution in [0.1, 0.15) is 52.4 Å². The highest BCUT2D eigenvalue weighted by Gasteiger charge is 1.96. The van der Waals surface area contributed by atoms with Crippen molar-refractivity contribution in [2.24, 2.45) is 0 Å². The van der Waals surface area contributed by atoms with E-state index in [1.165, 1.54) is 51.6 Å². The molecule has 2 heteroatoms. The Morgan fingerprint density at radius 3 is 2.20 bits per heavy atom. The summed E-state index contributed by atoms with van der Waals surface area (Å²) in [6.07, 6.45) is 8.11. The highest BCUT2D eigenvalue weighted by atomic mass is 15.0. The van der Waals surface area contributed by atoms with Crippen molar-refractivity contribution in [2.75, 3.05) is 27.2 Å². The molecule has 0 rings (SSSR count). The quantitative estimate of drug-likeness (QED) is 0.563. The van der Waals surface area contributed by atoms with Crippen LogP contribution in [0.2, 0.25) is 0 Å². The molecule has 0 fully saturated rings. The summed E-state index contributed by atoms with van der Waals surface area (Å²) in [5, 5.41) is 3.53. The Labute approximate surface area is 96.4 Å². The molecule has 0 amide bonds. The molecule has 0 spiro atoms. The van der Waals surface area contributed by atoms with Crippen molar-refractivity contribution in [3.63, 3.8) is 0 Å². The number of rotatable bonds is 10. The zero-order valence-electron chi connectivity index (χ0n) is 11.2. The molecule has 15 heavy (non-hydrogen) atoms. The van der Waals surface area contributed by atoms with Crippen LogP contribution in [0.5, 0.6) is 0 Å². The molecule has 1 N–H and O–H groups in total. The average molecular weight is 214 g/mol. The standard InChI is InChI=1S/C13H30N2/c1-5-13(2)14-11-9-7-6-8-10-12-15(3)4/h13-14H,5-12H2,1-4H3. The summed E-state index contributed by atoms with van der Waals surface area (Å²) in [7, 11) is 4.30. The number of unbranched alkanes of at least 4 members (excludes halogenated alkanes) is 4. The van der Waals surface area contributed by atoms with Gasteiger partial charge in [0, 0.05) is 6.04 Å². The van der Waals surface area contributed by atoms with Crippen LogP contribution < -0.4 is 5.32 Å². The van der Waals surface area contributed by atoms with Crippen molar-refractivity contribution in [1.29, 1.82) is 0 Å². The lowest BCUT2D eigenvalue weighted by atomic mass is 10.1. The lowest BCUT2D eigenvalue weighted by molar-refractivity contribution is 0.389. The van der Waals surface area contributed by atoms with Crippen LogP contribution in [0.3, 0.4) is 0 Å². The largest absolute Gasteiger partial charge is 0.314 e. The molecule has 0 radical (unpaired) electrons. The van der Waals surface area contributed by atoms with Gasteiger partial charge in [0.15, 0.2) is 0 Å². The summed E-state index contributed by atoms with van der Waals surface area (Å²) in [5.41, 5.74) is 0. The van der Waals surface area contributed by atoms with E-state index in [1.54, 1.807) is 0 Å². The number of hydrogen-bond donors (Lipinski definition) is 1. The molecule has 2 nitrogen and oxygen atoms in total. The van der Waals surface area contributed by atoms with Crippen LogP contribution >= 0.6 is 0 Å². The second kappa shape index (κ2) is 10.4. The van der Waals surface area contributed by atoms with Crippen molar-refractivity contribution in [3.05, 3.63) is 0 Å². The zero-order chi connectivity index (χ0) is 11.5. The first-order valence-corrected chi connectivity index (χ1v) is 6.55. The second-order valence-corrected chi connectivity index (χ2v) is 4.83. The third-order valence-electron chi connectivity index (χ3n) is 2.89. The summed E-state index contributed by atoms with van der Waals surface area (Å²) < 4.78 is 0. The maximum absolute atomic E-state index is 3.53. The predicted octanol–water partition coefficient (Wildman–Crippen LogP) is 2.89. The minimum atomic E-state index is 0.693. The van der Waals surface area contributed by atoms with Crippen LogP contribution in [0.25, 0.3) is 0 Å². The van der Waals surface area contributed by atoms with Gasteiger partial charge in [-0.1, -0.05) is 26.2 Å². The van der Waals surface area contributed by atoms with Gasteiger partial charge in [-0.2, -0.15) is 0 Å². The molecule has 0 bridgehead atoms. The highest BCUT2D eigenvalue weighted by Crippen LogP contribution is 2.03. The second-order valence-electron chi connectivity index (χ2n) is 4.83. The van der Waals surface area contributed by atoms with Crippen molar-refractivity contribution >= 4 is 0 Å². The number of hydrogen-bond acceptors (Lipinski definition) is 2. The molecule has 0 saturated heterocycles. The average Bonchev–Trinajstić information content (AvgIpc) is 2.21. The molecule has 0 aliphatic rings. The van der Waals surface area contributed by atoms with Crippen molar-refractivity contribution in [3.8, 4) is 0 Å². The molecule has 0 heterocycles. The van der Waals surface area contributed by atoms with E-state index in [0.717, 1.165) is 0 Å². The number of nitrogens with zero attached hydrogens (tertiary/aromatic N) is 1. The van der Waals surface area contributed by atoms with Crippen LogP contribution in [0.15, 0.2) is 0 Å². The molecule has 1 atom stereocenters. The first kappa shape index (κ1) is 14.9. The lowest BCUT2D eigenvalue weighted by Crippen LogP contribution is -2.25. The summed E-state index contributed by atoms with van der Waals surface area (Å²) in [6, 6.07) is 0.693. The number of nitrogens with one attached hydrogen (secondary N) is 1. The highest BCUT2D eigenvalue weighted by molar-refractivity contribution is 4.57. The molecule has 0 aliphatic heterocycles. The van der Waals surface area contributed by atoms with Gasteiger partial charge >= 0.3 is 0 Å². The molecule has 0 saturated carbocycles. The normalized spacial score (nSPS) is 13.4. The molecule has 92 valence electrons. The van der Waals surface area contributed by atoms with Gasteiger partial charge in [0.1, 0.15) is 0 Å². The zero-order valence-corrected chi connectivity index (χ0v) is 11.2. The molecule has 0 aromatic heterocycles. The Bertz CT molecular complexity index is 124. The van der Waals surface area contributed by atoms with Crippen LogP contribution in [0, 0.1) is 0 Å². The van der Waals surface area contributed by atoms with Crippen molar-refractivity contribution in [1.82, 2.24) is 10.2 Å². The molecule has 0 aromatic rings. The maximum atomic E-state index is 3.53. The Hall–Kier alpha value is -0.0800. The fourth-order valence-electron chi connectivity index (χ4n) is 1.58. The Morgan fingerprint density at radius 1 is 1.00 bits per heavy atom. The predicted molar refractivity (Wildman–Crippen MR) is 69.4 cm³/mol. The summed E-state index contributed by atoms with van der Waals surface area (Å²) >= 11 is 0. The summed E-state index contributed by atoms with van der Waals surface area (Å²) in [4.78, 5) is 2.27. The lowest BCUT2D eigenvalue weighted by Gasteiger charge is -2.11. The molecular weight excluding hydrogens is 184 g/mol.